The number of hydrogen-bond acceptors (Lipinski definition) is 2. The molecule has 2 nitrogen and oxygen atoms in total. The van der Waals surface area contributed by atoms with Gasteiger partial charge in [-0.2, -0.15) is 0 Å². The van der Waals surface area contributed by atoms with Gasteiger partial charge in [0.2, 0.25) is 0 Å². The van der Waals surface area contributed by atoms with E-state index < -0.39 is 0 Å². The molecule has 0 amide bonds. The van der Waals surface area contributed by atoms with Crippen molar-refractivity contribution in [2.24, 2.45) is 0 Å². The van der Waals surface area contributed by atoms with E-state index in [4.69, 9.17) is 11.6 Å². The minimum absolute atomic E-state index is 0.419. The van der Waals surface area contributed by atoms with E-state index in [1.54, 1.807) is 6.07 Å². The molecule has 0 aliphatic carbocycles. The van der Waals surface area contributed by atoms with E-state index in [9.17, 15) is 0 Å². The normalized spacial score (nSPS) is 10.1. The average Bonchev–Trinajstić information content (AvgIpc) is 2.20. The van der Waals surface area contributed by atoms with Gasteiger partial charge in [-0.15, -0.1) is 10.2 Å². The number of aryl methyl sites for hydroxylation is 1. The summed E-state index contributed by atoms with van der Waals surface area (Å²) in [5.41, 5.74) is 3.13. The number of halogens is 1. The average molecular weight is 205 g/mol. The minimum Gasteiger partial charge on any atom is -0.149 e. The van der Waals surface area contributed by atoms with Crippen LogP contribution in [0.2, 0.25) is 5.15 Å². The van der Waals surface area contributed by atoms with Crippen LogP contribution in [0.25, 0.3) is 11.3 Å². The predicted octanol–water partition coefficient (Wildman–Crippen LogP) is 3.11. The fourth-order valence-corrected chi connectivity index (χ4v) is 1.42. The van der Waals surface area contributed by atoms with Crippen molar-refractivity contribution in [3.63, 3.8) is 0 Å². The minimum atomic E-state index is 0.419. The van der Waals surface area contributed by atoms with Crippen LogP contribution in [0, 0.1) is 6.92 Å². The molecular weight excluding hydrogens is 196 g/mol. The van der Waals surface area contributed by atoms with E-state index in [1.165, 1.54) is 5.56 Å². The van der Waals surface area contributed by atoms with Crippen molar-refractivity contribution in [3.8, 4) is 11.3 Å². The molecule has 1 aromatic carbocycles. The number of aromatic nitrogens is 2. The van der Waals surface area contributed by atoms with Gasteiger partial charge in [-0.3, -0.25) is 0 Å². The van der Waals surface area contributed by atoms with Crippen molar-refractivity contribution in [2.45, 2.75) is 6.92 Å². The molecule has 0 bridgehead atoms. The summed E-state index contributed by atoms with van der Waals surface area (Å²) in [5, 5.41) is 8.26. The van der Waals surface area contributed by atoms with Crippen molar-refractivity contribution >= 4 is 11.6 Å². The van der Waals surface area contributed by atoms with E-state index in [-0.39, 0.29) is 0 Å². The second-order valence-electron chi connectivity index (χ2n) is 3.06. The fourth-order valence-electron chi connectivity index (χ4n) is 1.32. The second kappa shape index (κ2) is 3.76. The molecule has 0 unspecified atom stereocenters. The molecule has 0 radical (unpaired) electrons. The summed E-state index contributed by atoms with van der Waals surface area (Å²) in [7, 11) is 0. The maximum absolute atomic E-state index is 5.67. The van der Waals surface area contributed by atoms with E-state index in [0.717, 1.165) is 11.3 Å². The Morgan fingerprint density at radius 1 is 1.00 bits per heavy atom. The van der Waals surface area contributed by atoms with Crippen LogP contribution in [-0.4, -0.2) is 10.2 Å². The van der Waals surface area contributed by atoms with Gasteiger partial charge in [0.25, 0.3) is 0 Å². The number of nitrogens with zero attached hydrogens (tertiary/aromatic N) is 2. The Kier molecular flexibility index (Phi) is 2.46. The summed E-state index contributed by atoms with van der Waals surface area (Å²) in [6.07, 6.45) is 0. The molecule has 2 aromatic rings. The molecule has 0 saturated heterocycles. The van der Waals surface area contributed by atoms with Crippen molar-refractivity contribution in [1.82, 2.24) is 10.2 Å². The summed E-state index contributed by atoms with van der Waals surface area (Å²) < 4.78 is 0. The summed E-state index contributed by atoms with van der Waals surface area (Å²) in [6.45, 7) is 2.05. The molecule has 0 atom stereocenters. The third-order valence-electron chi connectivity index (χ3n) is 2.05. The Balaban J connectivity index is 2.50. The third kappa shape index (κ3) is 1.75. The van der Waals surface area contributed by atoms with Crippen LogP contribution in [0.5, 0.6) is 0 Å². The highest BCUT2D eigenvalue weighted by atomic mass is 35.5. The van der Waals surface area contributed by atoms with Crippen LogP contribution in [0.3, 0.4) is 0 Å². The molecule has 70 valence electrons. The molecule has 0 saturated carbocycles. The Morgan fingerprint density at radius 2 is 1.79 bits per heavy atom. The van der Waals surface area contributed by atoms with Crippen LogP contribution in [0.15, 0.2) is 36.4 Å². The van der Waals surface area contributed by atoms with Crippen molar-refractivity contribution in [3.05, 3.63) is 47.1 Å². The van der Waals surface area contributed by atoms with Gasteiger partial charge >= 0.3 is 0 Å². The molecule has 14 heavy (non-hydrogen) atoms. The fraction of sp³-hybridized carbons (Fsp3) is 0.0909. The first-order valence-electron chi connectivity index (χ1n) is 4.32. The van der Waals surface area contributed by atoms with Gasteiger partial charge in [0.05, 0.1) is 5.69 Å². The van der Waals surface area contributed by atoms with E-state index in [2.05, 4.69) is 10.2 Å². The highest BCUT2D eigenvalue weighted by molar-refractivity contribution is 6.29. The molecule has 1 aromatic heterocycles. The molecule has 0 spiro atoms. The van der Waals surface area contributed by atoms with Gasteiger partial charge in [0.15, 0.2) is 5.15 Å². The summed E-state index contributed by atoms with van der Waals surface area (Å²) in [6, 6.07) is 11.7. The summed E-state index contributed by atoms with van der Waals surface area (Å²) in [5.74, 6) is 0. The molecule has 2 rings (SSSR count). The van der Waals surface area contributed by atoms with Crippen LogP contribution in [0.1, 0.15) is 5.56 Å². The molecule has 0 N–H and O–H groups in total. The maximum Gasteiger partial charge on any atom is 0.151 e. The van der Waals surface area contributed by atoms with Gasteiger partial charge in [-0.1, -0.05) is 35.9 Å². The molecular formula is C11H9ClN2. The van der Waals surface area contributed by atoms with Crippen LogP contribution >= 0.6 is 11.6 Å². The largest absolute Gasteiger partial charge is 0.151 e. The predicted molar refractivity (Wildman–Crippen MR) is 57.2 cm³/mol. The van der Waals surface area contributed by atoms with Crippen LogP contribution in [-0.2, 0) is 0 Å². The van der Waals surface area contributed by atoms with Gasteiger partial charge in [-0.05, 0) is 24.6 Å². The monoisotopic (exact) mass is 204 g/mol. The van der Waals surface area contributed by atoms with Crippen molar-refractivity contribution in [2.75, 3.05) is 0 Å². The van der Waals surface area contributed by atoms with Crippen LogP contribution in [0.4, 0.5) is 0 Å². The Labute approximate surface area is 87.6 Å². The molecule has 0 aliphatic heterocycles. The van der Waals surface area contributed by atoms with E-state index in [0.29, 0.717) is 5.15 Å². The first kappa shape index (κ1) is 9.16. The van der Waals surface area contributed by atoms with Crippen molar-refractivity contribution < 1.29 is 0 Å². The zero-order valence-electron chi connectivity index (χ0n) is 7.74. The Morgan fingerprint density at radius 3 is 2.43 bits per heavy atom. The first-order valence-corrected chi connectivity index (χ1v) is 4.70. The number of hydrogen-bond donors (Lipinski definition) is 0. The standard InChI is InChI=1S/C11H9ClN2/c1-8-4-2-3-5-9(8)10-6-7-11(12)14-13-10/h2-7H,1H3. The SMILES string of the molecule is Cc1ccccc1-c1ccc(Cl)nn1. The van der Waals surface area contributed by atoms with Gasteiger partial charge in [0.1, 0.15) is 0 Å². The Bertz CT molecular complexity index is 437. The molecule has 1 heterocycles. The molecule has 0 fully saturated rings. The second-order valence-corrected chi connectivity index (χ2v) is 3.44. The lowest BCUT2D eigenvalue weighted by Crippen LogP contribution is -1.89. The van der Waals surface area contributed by atoms with Gasteiger partial charge in [0, 0.05) is 5.56 Å². The maximum atomic E-state index is 5.67. The molecule has 0 aliphatic rings. The van der Waals surface area contributed by atoms with Crippen LogP contribution < -0.4 is 0 Å². The smallest absolute Gasteiger partial charge is 0.149 e. The summed E-state index contributed by atoms with van der Waals surface area (Å²) >= 11 is 5.67. The first-order chi connectivity index (χ1) is 6.77. The van der Waals surface area contributed by atoms with Gasteiger partial charge in [-0.25, -0.2) is 0 Å². The lowest BCUT2D eigenvalue weighted by atomic mass is 10.1. The zero-order chi connectivity index (χ0) is 9.97. The zero-order valence-corrected chi connectivity index (χ0v) is 8.49. The van der Waals surface area contributed by atoms with Crippen molar-refractivity contribution in [1.29, 1.82) is 0 Å². The lowest BCUT2D eigenvalue weighted by molar-refractivity contribution is 1.04. The summed E-state index contributed by atoms with van der Waals surface area (Å²) in [4.78, 5) is 0. The van der Waals surface area contributed by atoms with Gasteiger partial charge < -0.3 is 0 Å². The highest BCUT2D eigenvalue weighted by Gasteiger charge is 2.02. The molecule has 3 heteroatoms. The topological polar surface area (TPSA) is 25.8 Å². The quantitative estimate of drug-likeness (QED) is 0.714. The highest BCUT2D eigenvalue weighted by Crippen LogP contribution is 2.20. The number of benzene rings is 1. The van der Waals surface area contributed by atoms with E-state index >= 15 is 0 Å². The van der Waals surface area contributed by atoms with E-state index in [1.807, 2.05) is 37.3 Å². The Hall–Kier alpha value is -1.41. The third-order valence-corrected chi connectivity index (χ3v) is 2.25. The number of rotatable bonds is 1. The lowest BCUT2D eigenvalue weighted by Gasteiger charge is -2.02.